The maximum atomic E-state index is 11.9. The van der Waals surface area contributed by atoms with Gasteiger partial charge in [-0.25, -0.2) is 4.79 Å². The molecule has 0 heterocycles. The second-order valence-electron chi connectivity index (χ2n) is 4.44. The summed E-state index contributed by atoms with van der Waals surface area (Å²) in [5.74, 6) is -3.30. The van der Waals surface area contributed by atoms with Gasteiger partial charge in [-0.3, -0.25) is 14.4 Å². The highest BCUT2D eigenvalue weighted by Crippen LogP contribution is 1.99. The quantitative estimate of drug-likeness (QED) is 0.259. The number of primary amides is 1. The SMILES string of the molecule is CC(N)C(=O)NC(CS)C(=O)NC(CCC(N)=O)C(=O)O. The Labute approximate surface area is 127 Å². The Morgan fingerprint density at radius 2 is 1.67 bits per heavy atom. The third-order valence-corrected chi connectivity index (χ3v) is 2.89. The van der Waals surface area contributed by atoms with Crippen LogP contribution < -0.4 is 22.1 Å². The average Bonchev–Trinajstić information content (AvgIpc) is 2.39. The number of carboxylic acids is 1. The fraction of sp³-hybridized carbons (Fsp3) is 0.636. The van der Waals surface area contributed by atoms with Gasteiger partial charge in [0, 0.05) is 12.2 Å². The molecule has 3 unspecified atom stereocenters. The van der Waals surface area contributed by atoms with Crippen molar-refractivity contribution in [3.8, 4) is 0 Å². The van der Waals surface area contributed by atoms with Crippen molar-refractivity contribution in [3.63, 3.8) is 0 Å². The number of carboxylic acid groups (broad SMARTS) is 1. The average molecular weight is 320 g/mol. The Morgan fingerprint density at radius 1 is 1.14 bits per heavy atom. The van der Waals surface area contributed by atoms with Crippen LogP contribution in [0.25, 0.3) is 0 Å². The van der Waals surface area contributed by atoms with E-state index in [1.807, 2.05) is 0 Å². The van der Waals surface area contributed by atoms with Crippen LogP contribution in [0, 0.1) is 0 Å². The summed E-state index contributed by atoms with van der Waals surface area (Å²) in [4.78, 5) is 45.0. The van der Waals surface area contributed by atoms with Gasteiger partial charge >= 0.3 is 5.97 Å². The number of hydrogen-bond acceptors (Lipinski definition) is 6. The molecule has 0 saturated heterocycles. The minimum absolute atomic E-state index is 0.0353. The molecule has 0 aromatic carbocycles. The first-order chi connectivity index (χ1) is 9.68. The van der Waals surface area contributed by atoms with Gasteiger partial charge in [0.1, 0.15) is 12.1 Å². The Balaban J connectivity index is 4.66. The molecule has 0 aromatic rings. The molecule has 0 aliphatic carbocycles. The van der Waals surface area contributed by atoms with Crippen molar-refractivity contribution in [2.24, 2.45) is 11.5 Å². The Bertz CT molecular complexity index is 415. The van der Waals surface area contributed by atoms with E-state index in [0.29, 0.717) is 0 Å². The predicted molar refractivity (Wildman–Crippen MR) is 77.4 cm³/mol. The molecule has 7 N–H and O–H groups in total. The van der Waals surface area contributed by atoms with Gasteiger partial charge in [-0.1, -0.05) is 0 Å². The number of carbonyl (C=O) groups is 4. The highest BCUT2D eigenvalue weighted by atomic mass is 32.1. The molecule has 0 saturated carbocycles. The summed E-state index contributed by atoms with van der Waals surface area (Å²) in [6.45, 7) is 1.44. The zero-order valence-corrected chi connectivity index (χ0v) is 12.4. The number of nitrogens with one attached hydrogen (secondary N) is 2. The number of thiol groups is 1. The minimum Gasteiger partial charge on any atom is -0.480 e. The Hall–Kier alpha value is -1.81. The second kappa shape index (κ2) is 9.19. The molecule has 0 radical (unpaired) electrons. The van der Waals surface area contributed by atoms with Gasteiger partial charge in [-0.2, -0.15) is 12.6 Å². The molecule has 0 aromatic heterocycles. The van der Waals surface area contributed by atoms with E-state index in [-0.39, 0.29) is 18.6 Å². The summed E-state index contributed by atoms with van der Waals surface area (Å²) in [6.07, 6.45) is -0.327. The van der Waals surface area contributed by atoms with Crippen LogP contribution in [-0.2, 0) is 19.2 Å². The maximum absolute atomic E-state index is 11.9. The van der Waals surface area contributed by atoms with Crippen LogP contribution in [0.3, 0.4) is 0 Å². The summed E-state index contributed by atoms with van der Waals surface area (Å²) in [6, 6.07) is -3.12. The molecule has 3 atom stereocenters. The molecule has 21 heavy (non-hydrogen) atoms. The standard InChI is InChI=1S/C11H20N4O5S/c1-5(12)9(17)15-7(4-21)10(18)14-6(11(19)20)2-3-8(13)16/h5-7,21H,2-4,12H2,1H3,(H2,13,16)(H,14,18)(H,15,17)(H,19,20). The fourth-order valence-electron chi connectivity index (χ4n) is 1.31. The van der Waals surface area contributed by atoms with Crippen LogP contribution >= 0.6 is 12.6 Å². The molecule has 0 bridgehead atoms. The fourth-order valence-corrected chi connectivity index (χ4v) is 1.57. The van der Waals surface area contributed by atoms with E-state index in [9.17, 15) is 19.2 Å². The lowest BCUT2D eigenvalue weighted by molar-refractivity contribution is -0.142. The topological polar surface area (TPSA) is 165 Å². The first-order valence-corrected chi connectivity index (χ1v) is 6.80. The van der Waals surface area contributed by atoms with Crippen LogP contribution in [0.15, 0.2) is 0 Å². The molecule has 0 rings (SSSR count). The summed E-state index contributed by atoms with van der Waals surface area (Å²) in [7, 11) is 0. The van der Waals surface area contributed by atoms with Crippen LogP contribution in [0.5, 0.6) is 0 Å². The van der Waals surface area contributed by atoms with Gasteiger partial charge in [0.15, 0.2) is 0 Å². The van der Waals surface area contributed by atoms with Gasteiger partial charge < -0.3 is 27.2 Å². The third kappa shape index (κ3) is 7.51. The summed E-state index contributed by atoms with van der Waals surface area (Å²) in [5.41, 5.74) is 10.3. The monoisotopic (exact) mass is 320 g/mol. The highest BCUT2D eigenvalue weighted by molar-refractivity contribution is 7.80. The zero-order valence-electron chi connectivity index (χ0n) is 11.5. The van der Waals surface area contributed by atoms with Gasteiger partial charge in [0.25, 0.3) is 0 Å². The molecule has 120 valence electrons. The van der Waals surface area contributed by atoms with Crippen molar-refractivity contribution < 1.29 is 24.3 Å². The number of aliphatic carboxylic acids is 1. The van der Waals surface area contributed by atoms with E-state index in [1.54, 1.807) is 0 Å². The molecular formula is C11H20N4O5S. The molecule has 9 nitrogen and oxygen atoms in total. The lowest BCUT2D eigenvalue weighted by Crippen LogP contribution is -2.54. The van der Waals surface area contributed by atoms with Crippen LogP contribution in [0.1, 0.15) is 19.8 Å². The van der Waals surface area contributed by atoms with Crippen molar-refractivity contribution in [1.29, 1.82) is 0 Å². The van der Waals surface area contributed by atoms with Gasteiger partial charge in [-0.05, 0) is 13.3 Å². The zero-order chi connectivity index (χ0) is 16.6. The number of nitrogens with two attached hydrogens (primary N) is 2. The normalized spacial score (nSPS) is 14.6. The van der Waals surface area contributed by atoms with Crippen LogP contribution in [-0.4, -0.2) is 52.7 Å². The predicted octanol–water partition coefficient (Wildman–Crippen LogP) is -2.42. The van der Waals surface area contributed by atoms with Crippen LogP contribution in [0.4, 0.5) is 0 Å². The minimum atomic E-state index is -1.30. The number of hydrogen-bond donors (Lipinski definition) is 6. The van der Waals surface area contributed by atoms with E-state index < -0.39 is 41.8 Å². The number of rotatable bonds is 9. The smallest absolute Gasteiger partial charge is 0.326 e. The highest BCUT2D eigenvalue weighted by Gasteiger charge is 2.26. The molecule has 10 heteroatoms. The first kappa shape index (κ1) is 19.2. The molecule has 0 spiro atoms. The van der Waals surface area contributed by atoms with Gasteiger partial charge in [0.05, 0.1) is 6.04 Å². The van der Waals surface area contributed by atoms with Gasteiger partial charge in [0.2, 0.25) is 17.7 Å². The van der Waals surface area contributed by atoms with Crippen molar-refractivity contribution >= 4 is 36.3 Å². The second-order valence-corrected chi connectivity index (χ2v) is 4.80. The largest absolute Gasteiger partial charge is 0.480 e. The molecule has 3 amide bonds. The number of amides is 3. The van der Waals surface area contributed by atoms with E-state index in [0.717, 1.165) is 0 Å². The number of carbonyl (C=O) groups excluding carboxylic acids is 3. The van der Waals surface area contributed by atoms with E-state index >= 15 is 0 Å². The molecule has 0 aliphatic heterocycles. The van der Waals surface area contributed by atoms with E-state index in [4.69, 9.17) is 16.6 Å². The Kier molecular flexibility index (Phi) is 8.39. The van der Waals surface area contributed by atoms with Gasteiger partial charge in [-0.15, -0.1) is 0 Å². The molecular weight excluding hydrogens is 300 g/mol. The van der Waals surface area contributed by atoms with E-state index in [1.165, 1.54) is 6.92 Å². The molecule has 0 fully saturated rings. The summed E-state index contributed by atoms with van der Waals surface area (Å²) < 4.78 is 0. The maximum Gasteiger partial charge on any atom is 0.326 e. The summed E-state index contributed by atoms with van der Waals surface area (Å²) >= 11 is 3.92. The van der Waals surface area contributed by atoms with Crippen LogP contribution in [0.2, 0.25) is 0 Å². The van der Waals surface area contributed by atoms with E-state index in [2.05, 4.69) is 23.3 Å². The van der Waals surface area contributed by atoms with Crippen molar-refractivity contribution in [1.82, 2.24) is 10.6 Å². The third-order valence-electron chi connectivity index (χ3n) is 2.52. The van der Waals surface area contributed by atoms with Crippen molar-refractivity contribution in [2.75, 3.05) is 5.75 Å². The first-order valence-electron chi connectivity index (χ1n) is 6.17. The Morgan fingerprint density at radius 3 is 2.05 bits per heavy atom. The molecule has 0 aliphatic rings. The lowest BCUT2D eigenvalue weighted by Gasteiger charge is -2.20. The van der Waals surface area contributed by atoms with Crippen molar-refractivity contribution in [2.45, 2.75) is 37.9 Å². The lowest BCUT2D eigenvalue weighted by atomic mass is 10.1. The summed E-state index contributed by atoms with van der Waals surface area (Å²) in [5, 5.41) is 13.5. The van der Waals surface area contributed by atoms with Crippen molar-refractivity contribution in [3.05, 3.63) is 0 Å².